The first-order valence-corrected chi connectivity index (χ1v) is 6.40. The van der Waals surface area contributed by atoms with Gasteiger partial charge in [-0.1, -0.05) is 26.0 Å². The Morgan fingerprint density at radius 3 is 2.67 bits per heavy atom. The number of aliphatic hydroxyl groups is 1. The number of allylic oxidation sites excluding steroid dienone is 2. The molecular weight excluding hydrogens is 232 g/mol. The standard InChI is InChI=1S/C14H22O4/c1-10(9-16)12-4-3-11(6-8-15)14(12,2)7-5-13(17)18/h3-4,8,10-12,16H,5-7,9H2,1-2H3,(H,17,18)/t10-,11+,12-,14+/m1/s1. The van der Waals surface area contributed by atoms with Crippen LogP contribution in [0.5, 0.6) is 0 Å². The molecule has 0 amide bonds. The molecule has 0 aromatic rings. The molecule has 1 aliphatic carbocycles. The van der Waals surface area contributed by atoms with Crippen LogP contribution in [-0.4, -0.2) is 29.1 Å². The van der Waals surface area contributed by atoms with Crippen molar-refractivity contribution >= 4 is 12.3 Å². The molecule has 4 atom stereocenters. The van der Waals surface area contributed by atoms with Crippen LogP contribution in [0.2, 0.25) is 0 Å². The van der Waals surface area contributed by atoms with Gasteiger partial charge in [-0.2, -0.15) is 0 Å². The van der Waals surface area contributed by atoms with Crippen LogP contribution in [-0.2, 0) is 9.59 Å². The highest BCUT2D eigenvalue weighted by Gasteiger charge is 2.44. The van der Waals surface area contributed by atoms with Gasteiger partial charge in [-0.25, -0.2) is 0 Å². The highest BCUT2D eigenvalue weighted by Crippen LogP contribution is 2.50. The third-order valence-corrected chi connectivity index (χ3v) is 4.29. The molecule has 0 spiro atoms. The van der Waals surface area contributed by atoms with Crippen LogP contribution in [0.15, 0.2) is 12.2 Å². The van der Waals surface area contributed by atoms with Crippen molar-refractivity contribution in [2.75, 3.05) is 6.61 Å². The van der Waals surface area contributed by atoms with Crippen LogP contribution in [0, 0.1) is 23.2 Å². The van der Waals surface area contributed by atoms with Crippen molar-refractivity contribution in [1.29, 1.82) is 0 Å². The first-order valence-electron chi connectivity index (χ1n) is 6.40. The van der Waals surface area contributed by atoms with Gasteiger partial charge in [0.05, 0.1) is 0 Å². The summed E-state index contributed by atoms with van der Waals surface area (Å²) in [6.45, 7) is 4.06. The van der Waals surface area contributed by atoms with Gasteiger partial charge in [0, 0.05) is 19.4 Å². The smallest absolute Gasteiger partial charge is 0.303 e. The molecule has 18 heavy (non-hydrogen) atoms. The molecule has 1 aliphatic rings. The van der Waals surface area contributed by atoms with Crippen LogP contribution in [0.4, 0.5) is 0 Å². The van der Waals surface area contributed by atoms with E-state index in [4.69, 9.17) is 5.11 Å². The highest BCUT2D eigenvalue weighted by atomic mass is 16.4. The molecule has 4 heteroatoms. The summed E-state index contributed by atoms with van der Waals surface area (Å²) in [5.41, 5.74) is -0.249. The molecule has 0 aliphatic heterocycles. The Morgan fingerprint density at radius 2 is 2.17 bits per heavy atom. The lowest BCUT2D eigenvalue weighted by molar-refractivity contribution is -0.138. The molecule has 0 fully saturated rings. The van der Waals surface area contributed by atoms with Crippen LogP contribution < -0.4 is 0 Å². The van der Waals surface area contributed by atoms with Crippen LogP contribution in [0.25, 0.3) is 0 Å². The molecule has 102 valence electrons. The molecule has 4 nitrogen and oxygen atoms in total. The van der Waals surface area contributed by atoms with Crippen molar-refractivity contribution in [3.05, 3.63) is 12.2 Å². The third-order valence-electron chi connectivity index (χ3n) is 4.29. The fraction of sp³-hybridized carbons (Fsp3) is 0.714. The normalized spacial score (nSPS) is 32.4. The summed E-state index contributed by atoms with van der Waals surface area (Å²) in [5.74, 6) is -0.528. The van der Waals surface area contributed by atoms with Gasteiger partial charge in [0.15, 0.2) is 0 Å². The summed E-state index contributed by atoms with van der Waals surface area (Å²) in [4.78, 5) is 21.5. The lowest BCUT2D eigenvalue weighted by atomic mass is 9.65. The predicted octanol–water partition coefficient (Wildman–Crippen LogP) is 1.88. The Hall–Kier alpha value is -1.16. The topological polar surface area (TPSA) is 74.6 Å². The van der Waals surface area contributed by atoms with E-state index in [2.05, 4.69) is 0 Å². The van der Waals surface area contributed by atoms with Gasteiger partial charge < -0.3 is 15.0 Å². The zero-order valence-corrected chi connectivity index (χ0v) is 11.0. The molecule has 2 N–H and O–H groups in total. The number of hydrogen-bond donors (Lipinski definition) is 2. The van der Waals surface area contributed by atoms with E-state index in [1.807, 2.05) is 26.0 Å². The van der Waals surface area contributed by atoms with E-state index in [9.17, 15) is 14.7 Å². The minimum Gasteiger partial charge on any atom is -0.481 e. The lowest BCUT2D eigenvalue weighted by Crippen LogP contribution is -2.35. The number of carbonyl (C=O) groups is 2. The second kappa shape index (κ2) is 6.14. The minimum atomic E-state index is -0.816. The average molecular weight is 254 g/mol. The Kier molecular flexibility index (Phi) is 5.08. The largest absolute Gasteiger partial charge is 0.481 e. The number of hydrogen-bond acceptors (Lipinski definition) is 3. The van der Waals surface area contributed by atoms with Gasteiger partial charge in [0.1, 0.15) is 6.29 Å². The number of rotatable bonds is 7. The summed E-state index contributed by atoms with van der Waals surface area (Å²) in [5, 5.41) is 18.1. The fourth-order valence-corrected chi connectivity index (χ4v) is 3.07. The van der Waals surface area contributed by atoms with Gasteiger partial charge in [0.2, 0.25) is 0 Å². The van der Waals surface area contributed by atoms with Gasteiger partial charge in [0.25, 0.3) is 0 Å². The Bertz CT molecular complexity index is 337. The number of carboxylic acids is 1. The van der Waals surface area contributed by atoms with Gasteiger partial charge >= 0.3 is 5.97 Å². The first-order chi connectivity index (χ1) is 8.45. The van der Waals surface area contributed by atoms with E-state index in [-0.39, 0.29) is 36.2 Å². The zero-order valence-electron chi connectivity index (χ0n) is 11.0. The molecule has 0 bridgehead atoms. The summed E-state index contributed by atoms with van der Waals surface area (Å²) >= 11 is 0. The molecule has 0 saturated heterocycles. The van der Waals surface area contributed by atoms with E-state index in [1.165, 1.54) is 0 Å². The molecule has 0 radical (unpaired) electrons. The number of aliphatic hydroxyl groups excluding tert-OH is 1. The van der Waals surface area contributed by atoms with Crippen molar-refractivity contribution in [2.24, 2.45) is 23.2 Å². The maximum atomic E-state index is 10.8. The maximum absolute atomic E-state index is 10.8. The monoisotopic (exact) mass is 254 g/mol. The van der Waals surface area contributed by atoms with E-state index in [0.29, 0.717) is 12.8 Å². The fourth-order valence-electron chi connectivity index (χ4n) is 3.07. The van der Waals surface area contributed by atoms with E-state index in [1.54, 1.807) is 0 Å². The third kappa shape index (κ3) is 2.99. The van der Waals surface area contributed by atoms with Crippen LogP contribution in [0.3, 0.4) is 0 Å². The Balaban J connectivity index is 2.87. The molecular formula is C14H22O4. The van der Waals surface area contributed by atoms with Crippen molar-refractivity contribution in [3.63, 3.8) is 0 Å². The van der Waals surface area contributed by atoms with Crippen LogP contribution in [0.1, 0.15) is 33.1 Å². The van der Waals surface area contributed by atoms with Crippen molar-refractivity contribution < 1.29 is 19.8 Å². The summed E-state index contributed by atoms with van der Waals surface area (Å²) in [6, 6.07) is 0. The summed E-state index contributed by atoms with van der Waals surface area (Å²) in [7, 11) is 0. The molecule has 0 heterocycles. The maximum Gasteiger partial charge on any atom is 0.303 e. The summed E-state index contributed by atoms with van der Waals surface area (Å²) < 4.78 is 0. The van der Waals surface area contributed by atoms with E-state index < -0.39 is 5.97 Å². The van der Waals surface area contributed by atoms with Crippen molar-refractivity contribution in [2.45, 2.75) is 33.1 Å². The molecule has 0 aromatic carbocycles. The van der Waals surface area contributed by atoms with Crippen molar-refractivity contribution in [1.82, 2.24) is 0 Å². The van der Waals surface area contributed by atoms with Gasteiger partial charge in [-0.3, -0.25) is 4.79 Å². The number of aldehydes is 1. The molecule has 0 aromatic heterocycles. The minimum absolute atomic E-state index is 0.0749. The summed E-state index contributed by atoms with van der Waals surface area (Å²) in [6.07, 6.45) is 5.98. The number of aliphatic carboxylic acids is 1. The van der Waals surface area contributed by atoms with Gasteiger partial charge in [-0.15, -0.1) is 0 Å². The quantitative estimate of drug-likeness (QED) is 0.537. The van der Waals surface area contributed by atoms with Gasteiger partial charge in [-0.05, 0) is 29.6 Å². The molecule has 0 saturated carbocycles. The second-order valence-corrected chi connectivity index (χ2v) is 5.48. The zero-order chi connectivity index (χ0) is 13.8. The average Bonchev–Trinajstić information content (AvgIpc) is 2.65. The van der Waals surface area contributed by atoms with Crippen molar-refractivity contribution in [3.8, 4) is 0 Å². The molecule has 0 unspecified atom stereocenters. The highest BCUT2D eigenvalue weighted by molar-refractivity contribution is 5.66. The Labute approximate surface area is 108 Å². The lowest BCUT2D eigenvalue weighted by Gasteiger charge is -2.39. The number of carboxylic acid groups (broad SMARTS) is 1. The predicted molar refractivity (Wildman–Crippen MR) is 68.0 cm³/mol. The van der Waals surface area contributed by atoms with Crippen LogP contribution >= 0.6 is 0 Å². The number of carbonyl (C=O) groups excluding carboxylic acids is 1. The van der Waals surface area contributed by atoms with E-state index in [0.717, 1.165) is 6.29 Å². The molecule has 1 rings (SSSR count). The Morgan fingerprint density at radius 1 is 1.50 bits per heavy atom. The first kappa shape index (κ1) is 14.9. The van der Waals surface area contributed by atoms with E-state index >= 15 is 0 Å². The SMILES string of the molecule is C[C@H](CO)[C@H]1C=C[C@@H](CC=O)[C@]1(C)CCC(=O)O. The second-order valence-electron chi connectivity index (χ2n) is 5.48.